The second kappa shape index (κ2) is 7.09. The summed E-state index contributed by atoms with van der Waals surface area (Å²) < 4.78 is 33.1. The van der Waals surface area contributed by atoms with Crippen LogP contribution in [0.5, 0.6) is 5.75 Å². The summed E-state index contributed by atoms with van der Waals surface area (Å²) in [6.45, 7) is 2.64. The lowest BCUT2D eigenvalue weighted by molar-refractivity contribution is 0.134. The van der Waals surface area contributed by atoms with Gasteiger partial charge in [0.15, 0.2) is 0 Å². The molecule has 0 saturated carbocycles. The molecule has 24 heavy (non-hydrogen) atoms. The Morgan fingerprint density at radius 1 is 1.25 bits per heavy atom. The second-order valence-corrected chi connectivity index (χ2v) is 8.16. The maximum absolute atomic E-state index is 12.8. The van der Waals surface area contributed by atoms with Gasteiger partial charge in [-0.2, -0.15) is 4.31 Å². The van der Waals surface area contributed by atoms with Crippen LogP contribution in [0, 0.1) is 6.92 Å². The molecule has 1 aliphatic rings. The third kappa shape index (κ3) is 3.71. The summed E-state index contributed by atoms with van der Waals surface area (Å²) in [6, 6.07) is 8.62. The zero-order chi connectivity index (χ0) is 17.2. The number of sulfonamides is 1. The average Bonchev–Trinajstić information content (AvgIpc) is 2.58. The fourth-order valence-corrected chi connectivity index (χ4v) is 4.75. The van der Waals surface area contributed by atoms with Gasteiger partial charge in [-0.15, -0.1) is 0 Å². The molecule has 0 radical (unpaired) electrons. The third-order valence-electron chi connectivity index (χ3n) is 4.11. The molecule has 1 fully saturated rings. The van der Waals surface area contributed by atoms with Gasteiger partial charge in [0.2, 0.25) is 10.0 Å². The minimum absolute atomic E-state index is 0.00103. The minimum Gasteiger partial charge on any atom is -0.489 e. The molecule has 5 nitrogen and oxygen atoms in total. The average molecular weight is 367 g/mol. The maximum Gasteiger partial charge on any atom is 0.243 e. The summed E-state index contributed by atoms with van der Waals surface area (Å²) in [5.41, 5.74) is 0.702. The van der Waals surface area contributed by atoms with E-state index >= 15 is 0 Å². The molecule has 0 bridgehead atoms. The van der Waals surface area contributed by atoms with Crippen molar-refractivity contribution in [3.63, 3.8) is 0 Å². The van der Waals surface area contributed by atoms with Crippen molar-refractivity contribution >= 4 is 21.6 Å². The Morgan fingerprint density at radius 3 is 2.67 bits per heavy atom. The topological polar surface area (TPSA) is 59.5 Å². The third-order valence-corrected chi connectivity index (χ3v) is 6.38. The van der Waals surface area contributed by atoms with Gasteiger partial charge in [0.05, 0.1) is 11.1 Å². The predicted octanol–water partition coefficient (Wildman–Crippen LogP) is 3.28. The van der Waals surface area contributed by atoms with Crippen LogP contribution < -0.4 is 4.74 Å². The molecule has 2 aromatic rings. The lowest BCUT2D eigenvalue weighted by atomic mass is 10.1. The highest BCUT2D eigenvalue weighted by Crippen LogP contribution is 2.27. The zero-order valence-corrected chi connectivity index (χ0v) is 14.9. The number of nitrogens with zero attached hydrogens (tertiary/aromatic N) is 2. The van der Waals surface area contributed by atoms with E-state index in [1.54, 1.807) is 31.5 Å². The molecule has 1 aromatic heterocycles. The summed E-state index contributed by atoms with van der Waals surface area (Å²) in [5.74, 6) is 0.712. The molecule has 0 N–H and O–H groups in total. The van der Waals surface area contributed by atoms with Gasteiger partial charge in [0.1, 0.15) is 11.9 Å². The molecule has 7 heteroatoms. The van der Waals surface area contributed by atoms with E-state index in [9.17, 15) is 8.42 Å². The molecule has 3 rings (SSSR count). The smallest absolute Gasteiger partial charge is 0.243 e. The first kappa shape index (κ1) is 17.2. The Labute approximate surface area is 147 Å². The first-order chi connectivity index (χ1) is 11.5. The zero-order valence-electron chi connectivity index (χ0n) is 13.4. The van der Waals surface area contributed by atoms with Crippen LogP contribution in [0.15, 0.2) is 47.6 Å². The highest BCUT2D eigenvalue weighted by molar-refractivity contribution is 7.89. The van der Waals surface area contributed by atoms with Crippen molar-refractivity contribution in [3.8, 4) is 5.75 Å². The number of aryl methyl sites for hydroxylation is 1. The summed E-state index contributed by atoms with van der Waals surface area (Å²) in [6.07, 6.45) is 4.65. The molecule has 0 unspecified atom stereocenters. The molecule has 0 atom stereocenters. The van der Waals surface area contributed by atoms with Crippen LogP contribution in [-0.2, 0) is 10.0 Å². The number of hydrogen-bond acceptors (Lipinski definition) is 4. The fraction of sp³-hybridized carbons (Fsp3) is 0.353. The van der Waals surface area contributed by atoms with Crippen LogP contribution in [0.4, 0.5) is 0 Å². The molecule has 2 heterocycles. The largest absolute Gasteiger partial charge is 0.489 e. The quantitative estimate of drug-likeness (QED) is 0.833. The number of hydrogen-bond donors (Lipinski definition) is 0. The summed E-state index contributed by atoms with van der Waals surface area (Å²) >= 11 is 5.97. The van der Waals surface area contributed by atoms with Crippen LogP contribution in [0.1, 0.15) is 18.4 Å². The van der Waals surface area contributed by atoms with Crippen molar-refractivity contribution in [3.05, 3.63) is 53.3 Å². The van der Waals surface area contributed by atoms with E-state index in [1.807, 2.05) is 12.1 Å². The van der Waals surface area contributed by atoms with Gasteiger partial charge < -0.3 is 4.74 Å². The molecule has 0 amide bonds. The lowest BCUT2D eigenvalue weighted by Crippen LogP contribution is -2.41. The van der Waals surface area contributed by atoms with Gasteiger partial charge >= 0.3 is 0 Å². The molecule has 1 aliphatic heterocycles. The van der Waals surface area contributed by atoms with Crippen LogP contribution in [0.25, 0.3) is 0 Å². The van der Waals surface area contributed by atoms with E-state index < -0.39 is 10.0 Å². The first-order valence-electron chi connectivity index (χ1n) is 7.80. The SMILES string of the molecule is Cc1ccc(Cl)cc1S(=O)(=O)N1CCC(Oc2cccnc2)CC1. The van der Waals surface area contributed by atoms with Crippen LogP contribution in [0.2, 0.25) is 5.02 Å². The van der Waals surface area contributed by atoms with Gasteiger partial charge in [0.25, 0.3) is 0 Å². The summed E-state index contributed by atoms with van der Waals surface area (Å²) in [7, 11) is -3.53. The Bertz CT molecular complexity index is 804. The lowest BCUT2D eigenvalue weighted by Gasteiger charge is -2.31. The predicted molar refractivity (Wildman–Crippen MR) is 92.8 cm³/mol. The molecular formula is C17H19ClN2O3S. The Morgan fingerprint density at radius 2 is 2.00 bits per heavy atom. The van der Waals surface area contributed by atoms with Crippen molar-refractivity contribution < 1.29 is 13.2 Å². The standard InChI is InChI=1S/C17H19ClN2O3S/c1-13-4-5-14(18)11-17(13)24(21,22)20-9-6-15(7-10-20)23-16-3-2-8-19-12-16/h2-5,8,11-12,15H,6-7,9-10H2,1H3. The van der Waals surface area contributed by atoms with Crippen LogP contribution in [-0.4, -0.2) is 36.9 Å². The van der Waals surface area contributed by atoms with Crippen LogP contribution in [0.3, 0.4) is 0 Å². The van der Waals surface area contributed by atoms with Gasteiger partial charge in [-0.1, -0.05) is 17.7 Å². The Hall–Kier alpha value is -1.63. The summed E-state index contributed by atoms with van der Waals surface area (Å²) in [4.78, 5) is 4.30. The van der Waals surface area contributed by atoms with Crippen molar-refractivity contribution in [1.29, 1.82) is 0 Å². The number of halogens is 1. The van der Waals surface area contributed by atoms with Crippen molar-refractivity contribution in [2.24, 2.45) is 0 Å². The van der Waals surface area contributed by atoms with E-state index in [0.29, 0.717) is 42.3 Å². The highest BCUT2D eigenvalue weighted by atomic mass is 35.5. The van der Waals surface area contributed by atoms with Crippen molar-refractivity contribution in [1.82, 2.24) is 9.29 Å². The molecule has 1 aromatic carbocycles. The monoisotopic (exact) mass is 366 g/mol. The number of aromatic nitrogens is 1. The van der Waals surface area contributed by atoms with E-state index in [0.717, 1.165) is 0 Å². The van der Waals surface area contributed by atoms with E-state index in [1.165, 1.54) is 10.4 Å². The van der Waals surface area contributed by atoms with E-state index in [2.05, 4.69) is 4.98 Å². The summed E-state index contributed by atoms with van der Waals surface area (Å²) in [5, 5.41) is 0.425. The molecular weight excluding hydrogens is 348 g/mol. The van der Waals surface area contributed by atoms with Gasteiger partial charge in [0, 0.05) is 24.3 Å². The Kier molecular flexibility index (Phi) is 5.08. The maximum atomic E-state index is 12.8. The fourth-order valence-electron chi connectivity index (χ4n) is 2.79. The number of rotatable bonds is 4. The number of ether oxygens (including phenoxy) is 1. The first-order valence-corrected chi connectivity index (χ1v) is 9.61. The molecule has 0 spiro atoms. The number of benzene rings is 1. The van der Waals surface area contributed by atoms with Crippen LogP contribution >= 0.6 is 11.6 Å². The normalized spacial score (nSPS) is 16.9. The highest BCUT2D eigenvalue weighted by Gasteiger charge is 2.31. The number of piperidine rings is 1. The second-order valence-electron chi connectivity index (χ2n) is 5.82. The van der Waals surface area contributed by atoms with Gasteiger partial charge in [-0.3, -0.25) is 4.98 Å². The van der Waals surface area contributed by atoms with E-state index in [-0.39, 0.29) is 11.0 Å². The van der Waals surface area contributed by atoms with Gasteiger partial charge in [-0.25, -0.2) is 8.42 Å². The number of pyridine rings is 1. The minimum atomic E-state index is -3.53. The molecule has 128 valence electrons. The molecule has 0 aliphatic carbocycles. The Balaban J connectivity index is 1.68. The van der Waals surface area contributed by atoms with Crippen molar-refractivity contribution in [2.75, 3.05) is 13.1 Å². The van der Waals surface area contributed by atoms with E-state index in [4.69, 9.17) is 16.3 Å². The van der Waals surface area contributed by atoms with Gasteiger partial charge in [-0.05, 0) is 49.6 Å². The van der Waals surface area contributed by atoms with Crippen molar-refractivity contribution in [2.45, 2.75) is 30.8 Å². The molecule has 1 saturated heterocycles.